The van der Waals surface area contributed by atoms with Crippen molar-refractivity contribution in [3.63, 3.8) is 0 Å². The van der Waals surface area contributed by atoms with Gasteiger partial charge in [0.25, 0.3) is 0 Å². The van der Waals surface area contributed by atoms with E-state index in [0.717, 1.165) is 62.0 Å². The fourth-order valence-corrected chi connectivity index (χ4v) is 4.60. The van der Waals surface area contributed by atoms with Crippen LogP contribution in [0.15, 0.2) is 23.3 Å². The number of hydrogen-bond acceptors (Lipinski definition) is 4. The van der Waals surface area contributed by atoms with Gasteiger partial charge < -0.3 is 20.4 Å². The summed E-state index contributed by atoms with van der Waals surface area (Å²) in [5, 5.41) is 6.75. The Balaban J connectivity index is 0.00000341. The first-order chi connectivity index (χ1) is 14.4. The molecule has 0 bridgehead atoms. The Morgan fingerprint density at radius 3 is 2.45 bits per heavy atom. The molecule has 2 aliphatic rings. The number of carbonyl (C=O) groups is 1. The summed E-state index contributed by atoms with van der Waals surface area (Å²) in [4.78, 5) is 25.8. The molecule has 0 spiro atoms. The number of carbonyl (C=O) groups excluding carboxylic acids is 1. The van der Waals surface area contributed by atoms with Crippen LogP contribution in [0.25, 0.3) is 0 Å². The van der Waals surface area contributed by atoms with Gasteiger partial charge in [-0.2, -0.15) is 0 Å². The predicted octanol–water partition coefficient (Wildman–Crippen LogP) is 3.25. The van der Waals surface area contributed by atoms with Gasteiger partial charge in [0.1, 0.15) is 5.82 Å². The molecule has 2 fully saturated rings. The molecule has 1 aromatic heterocycles. The van der Waals surface area contributed by atoms with Crippen LogP contribution in [0, 0.1) is 11.3 Å². The van der Waals surface area contributed by atoms with Crippen molar-refractivity contribution in [1.29, 1.82) is 0 Å². The lowest BCUT2D eigenvalue weighted by Gasteiger charge is -2.31. The van der Waals surface area contributed by atoms with Crippen LogP contribution in [-0.4, -0.2) is 62.5 Å². The van der Waals surface area contributed by atoms with Gasteiger partial charge in [-0.1, -0.05) is 25.8 Å². The number of piperidine rings is 1. The van der Waals surface area contributed by atoms with Gasteiger partial charge in [0.2, 0.25) is 5.91 Å². The highest BCUT2D eigenvalue weighted by Crippen LogP contribution is 2.38. The topological polar surface area (TPSA) is 72.9 Å². The molecular formula is C23H39IN6O. The minimum absolute atomic E-state index is 0. The van der Waals surface area contributed by atoms with Crippen molar-refractivity contribution < 1.29 is 4.79 Å². The van der Waals surface area contributed by atoms with Gasteiger partial charge in [0.05, 0.1) is 5.41 Å². The van der Waals surface area contributed by atoms with E-state index in [-0.39, 0.29) is 35.3 Å². The first kappa shape index (κ1) is 25.7. The molecule has 1 saturated heterocycles. The number of aromatic nitrogens is 1. The lowest BCUT2D eigenvalue weighted by Crippen LogP contribution is -2.49. The number of anilines is 1. The molecule has 0 unspecified atom stereocenters. The van der Waals surface area contributed by atoms with Crippen molar-refractivity contribution in [1.82, 2.24) is 20.5 Å². The number of pyridine rings is 1. The second-order valence-corrected chi connectivity index (χ2v) is 9.16. The smallest absolute Gasteiger partial charge is 0.230 e. The molecule has 1 aliphatic heterocycles. The van der Waals surface area contributed by atoms with Gasteiger partial charge >= 0.3 is 0 Å². The normalized spacial score (nSPS) is 19.0. The van der Waals surface area contributed by atoms with Gasteiger partial charge in [-0.25, -0.2) is 4.98 Å². The second-order valence-electron chi connectivity index (χ2n) is 9.16. The fourth-order valence-electron chi connectivity index (χ4n) is 4.60. The van der Waals surface area contributed by atoms with Gasteiger partial charge in [0, 0.05) is 53.5 Å². The Bertz CT molecular complexity index is 722. The zero-order valence-corrected chi connectivity index (χ0v) is 21.8. The Morgan fingerprint density at radius 2 is 1.90 bits per heavy atom. The Morgan fingerprint density at radius 1 is 1.23 bits per heavy atom. The Hall–Kier alpha value is -1.58. The SMILES string of the molecule is CN=C(NCc1ccc(N2CCC(C)CC2)nc1)NCC1(C(=O)N(C)C)CCCC1.I. The van der Waals surface area contributed by atoms with E-state index in [4.69, 9.17) is 0 Å². The zero-order valence-electron chi connectivity index (χ0n) is 19.5. The summed E-state index contributed by atoms with van der Waals surface area (Å²) in [6.07, 6.45) is 8.53. The van der Waals surface area contributed by atoms with Crippen LogP contribution in [0.2, 0.25) is 0 Å². The maximum Gasteiger partial charge on any atom is 0.230 e. The quantitative estimate of drug-likeness (QED) is 0.328. The second kappa shape index (κ2) is 11.9. The van der Waals surface area contributed by atoms with Crippen LogP contribution in [0.1, 0.15) is 51.0 Å². The number of nitrogens with zero attached hydrogens (tertiary/aromatic N) is 4. The fraction of sp³-hybridized carbons (Fsp3) is 0.696. The monoisotopic (exact) mass is 542 g/mol. The molecule has 0 radical (unpaired) electrons. The lowest BCUT2D eigenvalue weighted by atomic mass is 9.84. The van der Waals surface area contributed by atoms with E-state index >= 15 is 0 Å². The van der Waals surface area contributed by atoms with E-state index < -0.39 is 0 Å². The van der Waals surface area contributed by atoms with Crippen molar-refractivity contribution in [3.8, 4) is 0 Å². The van der Waals surface area contributed by atoms with Crippen molar-refractivity contribution in [2.45, 2.75) is 52.0 Å². The summed E-state index contributed by atoms with van der Waals surface area (Å²) < 4.78 is 0. The molecule has 8 heteroatoms. The van der Waals surface area contributed by atoms with Crippen molar-refractivity contribution in [3.05, 3.63) is 23.9 Å². The molecule has 0 atom stereocenters. The lowest BCUT2D eigenvalue weighted by molar-refractivity contribution is -0.138. The van der Waals surface area contributed by atoms with Crippen LogP contribution >= 0.6 is 24.0 Å². The molecule has 174 valence electrons. The zero-order chi connectivity index (χ0) is 21.6. The highest BCUT2D eigenvalue weighted by atomic mass is 127. The number of halogens is 1. The number of rotatable bonds is 6. The summed E-state index contributed by atoms with van der Waals surface area (Å²) in [5.74, 6) is 2.83. The van der Waals surface area contributed by atoms with Gasteiger partial charge in [-0.05, 0) is 43.2 Å². The third kappa shape index (κ3) is 6.70. The first-order valence-electron chi connectivity index (χ1n) is 11.3. The Labute approximate surface area is 204 Å². The standard InChI is InChI=1S/C23H38N6O.HI/c1-18-9-13-29(14-10-18)20-8-7-19(15-25-20)16-26-22(24-2)27-17-23(11-5-6-12-23)21(30)28(3)4;/h7-8,15,18H,5-6,9-14,16-17H2,1-4H3,(H2,24,26,27);1H. The van der Waals surface area contributed by atoms with E-state index in [1.807, 2.05) is 20.3 Å². The van der Waals surface area contributed by atoms with Crippen LogP contribution in [0.3, 0.4) is 0 Å². The summed E-state index contributed by atoms with van der Waals surface area (Å²) in [6.45, 7) is 5.78. The Kier molecular flexibility index (Phi) is 9.84. The minimum Gasteiger partial charge on any atom is -0.357 e. The summed E-state index contributed by atoms with van der Waals surface area (Å²) in [6, 6.07) is 4.25. The predicted molar refractivity (Wildman–Crippen MR) is 138 cm³/mol. The average molecular weight is 543 g/mol. The van der Waals surface area contributed by atoms with Gasteiger partial charge in [0.15, 0.2) is 5.96 Å². The molecule has 0 aromatic carbocycles. The third-order valence-electron chi connectivity index (χ3n) is 6.62. The summed E-state index contributed by atoms with van der Waals surface area (Å²) >= 11 is 0. The molecule has 7 nitrogen and oxygen atoms in total. The van der Waals surface area contributed by atoms with Crippen molar-refractivity contribution >= 4 is 41.7 Å². The van der Waals surface area contributed by atoms with E-state index in [0.29, 0.717) is 13.1 Å². The molecule has 1 aliphatic carbocycles. The van der Waals surface area contributed by atoms with Crippen molar-refractivity contribution in [2.24, 2.45) is 16.3 Å². The van der Waals surface area contributed by atoms with Crippen LogP contribution in [-0.2, 0) is 11.3 Å². The highest BCUT2D eigenvalue weighted by Gasteiger charge is 2.42. The van der Waals surface area contributed by atoms with Gasteiger partial charge in [-0.15, -0.1) is 24.0 Å². The summed E-state index contributed by atoms with van der Waals surface area (Å²) in [5.41, 5.74) is 0.808. The van der Waals surface area contributed by atoms with E-state index in [1.54, 1.807) is 11.9 Å². The number of amides is 1. The number of guanidine groups is 1. The highest BCUT2D eigenvalue weighted by molar-refractivity contribution is 14.0. The first-order valence-corrected chi connectivity index (χ1v) is 11.3. The number of nitrogens with one attached hydrogen (secondary N) is 2. The molecule has 1 saturated carbocycles. The molecular weight excluding hydrogens is 503 g/mol. The van der Waals surface area contributed by atoms with E-state index in [2.05, 4.69) is 44.6 Å². The van der Waals surface area contributed by atoms with Crippen LogP contribution < -0.4 is 15.5 Å². The molecule has 1 amide bonds. The molecule has 2 N–H and O–H groups in total. The van der Waals surface area contributed by atoms with E-state index in [1.165, 1.54) is 12.8 Å². The largest absolute Gasteiger partial charge is 0.357 e. The molecule has 3 rings (SSSR count). The van der Waals surface area contributed by atoms with Gasteiger partial charge in [-0.3, -0.25) is 9.79 Å². The summed E-state index contributed by atoms with van der Waals surface area (Å²) in [7, 11) is 5.45. The minimum atomic E-state index is -0.309. The average Bonchev–Trinajstić information content (AvgIpc) is 3.24. The maximum atomic E-state index is 12.7. The van der Waals surface area contributed by atoms with Crippen molar-refractivity contribution in [2.75, 3.05) is 45.7 Å². The molecule has 2 heterocycles. The number of hydrogen-bond donors (Lipinski definition) is 2. The van der Waals surface area contributed by atoms with E-state index in [9.17, 15) is 4.79 Å². The maximum absolute atomic E-state index is 12.7. The number of aliphatic imine (C=N–C) groups is 1. The third-order valence-corrected chi connectivity index (χ3v) is 6.62. The van der Waals surface area contributed by atoms with Crippen LogP contribution in [0.5, 0.6) is 0 Å². The molecule has 1 aromatic rings. The molecule has 31 heavy (non-hydrogen) atoms. The van der Waals surface area contributed by atoms with Crippen LogP contribution in [0.4, 0.5) is 5.82 Å².